The van der Waals surface area contributed by atoms with E-state index < -0.39 is 5.60 Å². The van der Waals surface area contributed by atoms with Crippen molar-refractivity contribution in [2.75, 3.05) is 12.3 Å². The van der Waals surface area contributed by atoms with Gasteiger partial charge in [-0.25, -0.2) is 4.98 Å². The number of hydrogen-bond acceptors (Lipinski definition) is 5. The smallest absolute Gasteiger partial charge is 0.326 e. The van der Waals surface area contributed by atoms with Crippen molar-refractivity contribution in [3.63, 3.8) is 0 Å². The average Bonchev–Trinajstić information content (AvgIpc) is 3.48. The summed E-state index contributed by atoms with van der Waals surface area (Å²) < 4.78 is 7.47. The summed E-state index contributed by atoms with van der Waals surface area (Å²) in [5, 5.41) is 0.822. The highest BCUT2D eigenvalue weighted by atomic mass is 32.2. The number of benzene rings is 1. The first-order valence-corrected chi connectivity index (χ1v) is 12.4. The number of aromatic nitrogens is 2. The lowest BCUT2D eigenvalue weighted by atomic mass is 10.2. The molecule has 0 aliphatic heterocycles. The molecule has 1 aliphatic rings. The molecule has 1 amide bonds. The zero-order valence-corrected chi connectivity index (χ0v) is 20.0. The summed E-state index contributed by atoms with van der Waals surface area (Å²) in [7, 11) is 0. The van der Waals surface area contributed by atoms with Gasteiger partial charge in [0.2, 0.25) is 5.91 Å². The molecule has 7 heteroatoms. The van der Waals surface area contributed by atoms with Gasteiger partial charge in [-0.3, -0.25) is 9.59 Å². The molecule has 0 atom stereocenters. The summed E-state index contributed by atoms with van der Waals surface area (Å²) in [6, 6.07) is 8.31. The Bertz CT molecular complexity index is 899. The van der Waals surface area contributed by atoms with Crippen LogP contribution in [-0.2, 0) is 20.9 Å². The monoisotopic (exact) mass is 445 g/mol. The second-order valence-electron chi connectivity index (χ2n) is 9.18. The third-order valence-corrected chi connectivity index (χ3v) is 6.22. The fraction of sp³-hybridized carbons (Fsp3) is 0.625. The number of carbonyl (C=O) groups excluding carboxylic acids is 2. The Balaban J connectivity index is 1.61. The molecule has 0 unspecified atom stereocenters. The van der Waals surface area contributed by atoms with E-state index in [1.807, 2.05) is 49.6 Å². The van der Waals surface area contributed by atoms with Crippen molar-refractivity contribution < 1.29 is 14.3 Å². The number of rotatable bonds is 11. The maximum absolute atomic E-state index is 12.5. The van der Waals surface area contributed by atoms with E-state index in [2.05, 4.69) is 11.8 Å². The normalized spacial score (nSPS) is 14.1. The Kier molecular flexibility index (Phi) is 8.03. The van der Waals surface area contributed by atoms with Gasteiger partial charge in [-0.1, -0.05) is 37.2 Å². The Morgan fingerprint density at radius 3 is 2.65 bits per heavy atom. The Morgan fingerprint density at radius 2 is 1.97 bits per heavy atom. The van der Waals surface area contributed by atoms with Gasteiger partial charge in [0.05, 0.1) is 11.0 Å². The van der Waals surface area contributed by atoms with Crippen molar-refractivity contribution in [1.82, 2.24) is 14.5 Å². The van der Waals surface area contributed by atoms with Crippen LogP contribution in [0.5, 0.6) is 0 Å². The number of ether oxygens (including phenoxy) is 1. The molecule has 0 saturated heterocycles. The number of fused-ring (bicyclic) bond motifs is 1. The quantitative estimate of drug-likeness (QED) is 0.275. The Hall–Kier alpha value is -2.02. The number of hydrogen-bond donors (Lipinski definition) is 0. The molecular weight excluding hydrogens is 410 g/mol. The van der Waals surface area contributed by atoms with Crippen LogP contribution < -0.4 is 0 Å². The van der Waals surface area contributed by atoms with Crippen molar-refractivity contribution in [2.45, 2.75) is 89.6 Å². The van der Waals surface area contributed by atoms with Crippen LogP contribution in [0.3, 0.4) is 0 Å². The predicted molar refractivity (Wildman–Crippen MR) is 125 cm³/mol. The van der Waals surface area contributed by atoms with Gasteiger partial charge in [-0.15, -0.1) is 0 Å². The summed E-state index contributed by atoms with van der Waals surface area (Å²) in [5.41, 5.74) is 1.30. The summed E-state index contributed by atoms with van der Waals surface area (Å²) in [6.07, 6.45) is 5.85. The van der Waals surface area contributed by atoms with E-state index in [1.54, 1.807) is 11.8 Å². The molecule has 1 aromatic carbocycles. The van der Waals surface area contributed by atoms with Crippen LogP contribution in [0, 0.1) is 0 Å². The van der Waals surface area contributed by atoms with Crippen molar-refractivity contribution in [3.05, 3.63) is 24.3 Å². The molecule has 0 bridgehead atoms. The van der Waals surface area contributed by atoms with E-state index in [0.717, 1.165) is 60.6 Å². The molecule has 31 heavy (non-hydrogen) atoms. The standard InChI is InChI=1S/C24H35N3O3S/c1-5-6-12-21(28)26(18-13-14-18)15-9-16-31-23-25-19-10-7-8-11-20(19)27(23)17-22(29)30-24(2,3)4/h7-8,10-11,18H,5-6,9,12-17H2,1-4H3. The van der Waals surface area contributed by atoms with E-state index in [1.165, 1.54) is 0 Å². The van der Waals surface area contributed by atoms with Crippen LogP contribution in [0.15, 0.2) is 29.4 Å². The lowest BCUT2D eigenvalue weighted by Crippen LogP contribution is -2.34. The number of imidazole rings is 1. The molecule has 0 radical (unpaired) electrons. The van der Waals surface area contributed by atoms with Gasteiger partial charge in [0.15, 0.2) is 5.16 Å². The van der Waals surface area contributed by atoms with Crippen LogP contribution in [-0.4, -0.2) is 50.3 Å². The first kappa shape index (κ1) is 23.6. The van der Waals surface area contributed by atoms with E-state index in [4.69, 9.17) is 9.72 Å². The van der Waals surface area contributed by atoms with Crippen molar-refractivity contribution in [2.24, 2.45) is 0 Å². The average molecular weight is 446 g/mol. The molecule has 2 aromatic rings. The van der Waals surface area contributed by atoms with Crippen molar-refractivity contribution >= 4 is 34.7 Å². The van der Waals surface area contributed by atoms with Gasteiger partial charge in [-0.05, 0) is 58.6 Å². The molecule has 0 N–H and O–H groups in total. The van der Waals surface area contributed by atoms with E-state index in [-0.39, 0.29) is 12.5 Å². The summed E-state index contributed by atoms with van der Waals surface area (Å²) in [5.74, 6) is 0.882. The van der Waals surface area contributed by atoms with E-state index in [9.17, 15) is 9.59 Å². The molecule has 1 aliphatic carbocycles. The van der Waals surface area contributed by atoms with Crippen LogP contribution in [0.1, 0.15) is 66.2 Å². The Labute approximate surface area is 189 Å². The third-order valence-electron chi connectivity index (χ3n) is 5.15. The zero-order chi connectivity index (χ0) is 22.4. The van der Waals surface area contributed by atoms with Gasteiger partial charge >= 0.3 is 5.97 Å². The van der Waals surface area contributed by atoms with Crippen molar-refractivity contribution in [3.8, 4) is 0 Å². The van der Waals surface area contributed by atoms with Crippen LogP contribution in [0.25, 0.3) is 11.0 Å². The first-order chi connectivity index (χ1) is 14.8. The highest BCUT2D eigenvalue weighted by Gasteiger charge is 2.31. The molecule has 170 valence electrons. The summed E-state index contributed by atoms with van der Waals surface area (Å²) in [4.78, 5) is 31.8. The fourth-order valence-corrected chi connectivity index (χ4v) is 4.52. The molecule has 1 heterocycles. The molecule has 1 aromatic heterocycles. The van der Waals surface area contributed by atoms with Crippen LogP contribution in [0.2, 0.25) is 0 Å². The van der Waals surface area contributed by atoms with Crippen LogP contribution >= 0.6 is 11.8 Å². The van der Waals surface area contributed by atoms with Gasteiger partial charge < -0.3 is 14.2 Å². The number of nitrogens with zero attached hydrogens (tertiary/aromatic N) is 3. The minimum absolute atomic E-state index is 0.143. The largest absolute Gasteiger partial charge is 0.459 e. The van der Waals surface area contributed by atoms with Gasteiger partial charge in [0.1, 0.15) is 12.1 Å². The third kappa shape index (κ3) is 6.99. The minimum Gasteiger partial charge on any atom is -0.459 e. The summed E-state index contributed by atoms with van der Waals surface area (Å²) in [6.45, 7) is 8.69. The van der Waals surface area contributed by atoms with Gasteiger partial charge in [0, 0.05) is 24.8 Å². The van der Waals surface area contributed by atoms with E-state index in [0.29, 0.717) is 18.4 Å². The maximum atomic E-state index is 12.5. The number of carbonyl (C=O) groups is 2. The first-order valence-electron chi connectivity index (χ1n) is 11.4. The minimum atomic E-state index is -0.517. The molecule has 1 fully saturated rings. The molecule has 3 rings (SSSR count). The number of para-hydroxylation sites is 2. The number of amides is 1. The predicted octanol–water partition coefficient (Wildman–Crippen LogP) is 5.04. The van der Waals surface area contributed by atoms with E-state index >= 15 is 0 Å². The van der Waals surface area contributed by atoms with Crippen LogP contribution in [0.4, 0.5) is 0 Å². The highest BCUT2D eigenvalue weighted by Crippen LogP contribution is 2.29. The van der Waals surface area contributed by atoms with Gasteiger partial charge in [-0.2, -0.15) is 0 Å². The van der Waals surface area contributed by atoms with Gasteiger partial charge in [0.25, 0.3) is 0 Å². The number of unbranched alkanes of at least 4 members (excludes halogenated alkanes) is 1. The molecule has 1 saturated carbocycles. The summed E-state index contributed by atoms with van der Waals surface area (Å²) >= 11 is 1.64. The number of thioether (sulfide) groups is 1. The highest BCUT2D eigenvalue weighted by molar-refractivity contribution is 7.99. The second kappa shape index (κ2) is 10.5. The number of esters is 1. The SMILES string of the molecule is CCCCC(=O)N(CCCSc1nc2ccccc2n1CC(=O)OC(C)(C)C)C1CC1. The van der Waals surface area contributed by atoms with Crippen molar-refractivity contribution in [1.29, 1.82) is 0 Å². The maximum Gasteiger partial charge on any atom is 0.326 e. The zero-order valence-electron chi connectivity index (χ0n) is 19.2. The Morgan fingerprint density at radius 1 is 1.23 bits per heavy atom. The lowest BCUT2D eigenvalue weighted by Gasteiger charge is -2.22. The molecule has 0 spiro atoms. The fourth-order valence-electron chi connectivity index (χ4n) is 3.59. The molecule has 6 nitrogen and oxygen atoms in total. The molecular formula is C24H35N3O3S. The lowest BCUT2D eigenvalue weighted by molar-refractivity contribution is -0.155. The second-order valence-corrected chi connectivity index (χ2v) is 10.2. The topological polar surface area (TPSA) is 64.4 Å².